The van der Waals surface area contributed by atoms with Gasteiger partial charge in [0.05, 0.1) is 12.8 Å². The smallest absolute Gasteiger partial charge is 0.268 e. The molecule has 6 nitrogen and oxygen atoms in total. The number of carbonyl (C=O) groups is 1. The summed E-state index contributed by atoms with van der Waals surface area (Å²) in [6.45, 7) is 7.14. The third-order valence-electron chi connectivity index (χ3n) is 5.93. The van der Waals surface area contributed by atoms with Crippen LogP contribution in [0.1, 0.15) is 37.8 Å². The molecule has 0 aromatic heterocycles. The fourth-order valence-electron chi connectivity index (χ4n) is 3.80. The molecule has 1 saturated heterocycles. The van der Waals surface area contributed by atoms with Gasteiger partial charge in [-0.15, -0.1) is 0 Å². The fraction of sp³-hybridized carbons (Fsp3) is 0.458. The van der Waals surface area contributed by atoms with Crippen molar-refractivity contribution in [1.82, 2.24) is 4.90 Å². The topological polar surface area (TPSA) is 66.9 Å². The molecule has 3 rings (SSSR count). The van der Waals surface area contributed by atoms with Crippen molar-refractivity contribution in [2.75, 3.05) is 31.0 Å². The Bertz CT molecular complexity index is 1010. The predicted molar refractivity (Wildman–Crippen MR) is 123 cm³/mol. The molecule has 0 radical (unpaired) electrons. The molecule has 1 aliphatic rings. The van der Waals surface area contributed by atoms with Gasteiger partial charge in [0.1, 0.15) is 17.2 Å². The first-order valence-corrected chi connectivity index (χ1v) is 12.2. The Morgan fingerprint density at radius 1 is 1.13 bits per heavy atom. The largest absolute Gasteiger partial charge is 0.495 e. The molecule has 0 spiro atoms. The summed E-state index contributed by atoms with van der Waals surface area (Å²) in [4.78, 5) is 14.9. The van der Waals surface area contributed by atoms with Gasteiger partial charge < -0.3 is 9.64 Å². The number of hydrogen-bond donors (Lipinski definition) is 0. The van der Waals surface area contributed by atoms with Gasteiger partial charge in [0.25, 0.3) is 10.0 Å². The highest BCUT2D eigenvalue weighted by Gasteiger charge is 2.32. The highest BCUT2D eigenvalue weighted by atomic mass is 32.2. The van der Waals surface area contributed by atoms with Crippen molar-refractivity contribution >= 4 is 21.6 Å². The van der Waals surface area contributed by atoms with E-state index < -0.39 is 10.0 Å². The van der Waals surface area contributed by atoms with Crippen LogP contribution in [0.2, 0.25) is 0 Å². The zero-order chi connectivity index (χ0) is 22.6. The molecule has 31 heavy (non-hydrogen) atoms. The number of sulfonamides is 1. The van der Waals surface area contributed by atoms with E-state index in [1.54, 1.807) is 35.2 Å². The maximum atomic E-state index is 13.8. The van der Waals surface area contributed by atoms with Crippen LogP contribution in [0.25, 0.3) is 0 Å². The van der Waals surface area contributed by atoms with E-state index in [1.807, 2.05) is 26.0 Å². The minimum absolute atomic E-state index is 0.0645. The Morgan fingerprint density at radius 2 is 1.77 bits per heavy atom. The summed E-state index contributed by atoms with van der Waals surface area (Å²) < 4.78 is 34.1. The van der Waals surface area contributed by atoms with Gasteiger partial charge >= 0.3 is 0 Å². The van der Waals surface area contributed by atoms with Gasteiger partial charge in [0.2, 0.25) is 5.91 Å². The normalized spacial score (nSPS) is 15.0. The Labute approximate surface area is 185 Å². The van der Waals surface area contributed by atoms with Gasteiger partial charge in [-0.3, -0.25) is 9.10 Å². The highest BCUT2D eigenvalue weighted by molar-refractivity contribution is 7.93. The van der Waals surface area contributed by atoms with Crippen LogP contribution in [0.3, 0.4) is 0 Å². The maximum Gasteiger partial charge on any atom is 0.268 e. The van der Waals surface area contributed by atoms with Gasteiger partial charge in [0, 0.05) is 13.1 Å². The van der Waals surface area contributed by atoms with Crippen molar-refractivity contribution in [2.45, 2.75) is 44.9 Å². The van der Waals surface area contributed by atoms with Crippen molar-refractivity contribution in [3.05, 3.63) is 53.6 Å². The molecular weight excluding hydrogens is 412 g/mol. The van der Waals surface area contributed by atoms with Crippen LogP contribution in [-0.4, -0.2) is 46.0 Å². The second-order valence-corrected chi connectivity index (χ2v) is 10.1. The van der Waals surface area contributed by atoms with Crippen molar-refractivity contribution in [3.63, 3.8) is 0 Å². The lowest BCUT2D eigenvalue weighted by Crippen LogP contribution is -2.45. The number of amides is 1. The van der Waals surface area contributed by atoms with Gasteiger partial charge in [-0.25, -0.2) is 8.42 Å². The van der Waals surface area contributed by atoms with E-state index in [0.717, 1.165) is 30.4 Å². The Kier molecular flexibility index (Phi) is 7.26. The Balaban J connectivity index is 2.00. The number of hydrogen-bond acceptors (Lipinski definition) is 4. The van der Waals surface area contributed by atoms with Crippen LogP contribution in [0, 0.1) is 12.8 Å². The third kappa shape index (κ3) is 5.21. The lowest BCUT2D eigenvalue weighted by Gasteiger charge is -2.33. The van der Waals surface area contributed by atoms with Crippen LogP contribution in [0.4, 0.5) is 5.69 Å². The summed E-state index contributed by atoms with van der Waals surface area (Å²) in [5, 5.41) is 0. The molecule has 168 valence electrons. The molecule has 0 aliphatic carbocycles. The van der Waals surface area contributed by atoms with Gasteiger partial charge in [0.15, 0.2) is 0 Å². The number of anilines is 1. The SMILES string of the molecule is CCc1ccc(N(CC(=O)N2CCC(C)CC2)S(=O)(=O)c2cc(C)ccc2OC)cc1. The zero-order valence-corrected chi connectivity index (χ0v) is 19.6. The average Bonchev–Trinajstić information content (AvgIpc) is 2.77. The number of aryl methyl sites for hydroxylation is 2. The summed E-state index contributed by atoms with van der Waals surface area (Å²) in [5.41, 5.74) is 2.38. The molecule has 2 aromatic carbocycles. The molecule has 1 heterocycles. The highest BCUT2D eigenvalue weighted by Crippen LogP contribution is 2.31. The van der Waals surface area contributed by atoms with E-state index in [-0.39, 0.29) is 23.1 Å². The second kappa shape index (κ2) is 9.73. The molecular formula is C24H32N2O4S. The quantitative estimate of drug-likeness (QED) is 0.647. The standard InChI is InChI=1S/C24H32N2O4S/c1-5-20-7-9-21(10-8-20)26(17-24(27)25-14-12-18(2)13-15-25)31(28,29)23-16-19(3)6-11-22(23)30-4/h6-11,16,18H,5,12-15,17H2,1-4H3. The number of likely N-dealkylation sites (tertiary alicyclic amines) is 1. The first-order chi connectivity index (χ1) is 14.8. The Hall–Kier alpha value is -2.54. The number of ether oxygens (including phenoxy) is 1. The van der Waals surface area contributed by atoms with Crippen molar-refractivity contribution in [3.8, 4) is 5.75 Å². The summed E-state index contributed by atoms with van der Waals surface area (Å²) in [5.74, 6) is 0.670. The van der Waals surface area contributed by atoms with Gasteiger partial charge in [-0.05, 0) is 67.5 Å². The summed E-state index contributed by atoms with van der Waals surface area (Å²) in [6, 6.07) is 12.4. The number of carbonyl (C=O) groups excluding carboxylic acids is 1. The van der Waals surface area contributed by atoms with E-state index >= 15 is 0 Å². The number of rotatable bonds is 7. The number of piperidine rings is 1. The Morgan fingerprint density at radius 3 is 2.35 bits per heavy atom. The van der Waals surface area contributed by atoms with Crippen LogP contribution in [0.5, 0.6) is 5.75 Å². The molecule has 0 atom stereocenters. The summed E-state index contributed by atoms with van der Waals surface area (Å²) in [7, 11) is -2.57. The van der Waals surface area contributed by atoms with Crippen molar-refractivity contribution in [2.24, 2.45) is 5.92 Å². The monoisotopic (exact) mass is 444 g/mol. The fourth-order valence-corrected chi connectivity index (χ4v) is 5.46. The lowest BCUT2D eigenvalue weighted by molar-refractivity contribution is -0.130. The average molecular weight is 445 g/mol. The van der Waals surface area contributed by atoms with Gasteiger partial charge in [-0.2, -0.15) is 0 Å². The summed E-state index contributed by atoms with van der Waals surface area (Å²) in [6.07, 6.45) is 2.73. The van der Waals surface area contributed by atoms with E-state index in [0.29, 0.717) is 24.7 Å². The predicted octanol–water partition coefficient (Wildman–Crippen LogP) is 4.02. The molecule has 1 aliphatic heterocycles. The first kappa shape index (κ1) is 23.1. The van der Waals surface area contributed by atoms with Crippen molar-refractivity contribution in [1.29, 1.82) is 0 Å². The van der Waals surface area contributed by atoms with Crippen molar-refractivity contribution < 1.29 is 17.9 Å². The maximum absolute atomic E-state index is 13.8. The van der Waals surface area contributed by atoms with Crippen LogP contribution in [0.15, 0.2) is 47.4 Å². The minimum atomic E-state index is -4.02. The minimum Gasteiger partial charge on any atom is -0.495 e. The summed E-state index contributed by atoms with van der Waals surface area (Å²) >= 11 is 0. The van der Waals surface area contributed by atoms with Crippen LogP contribution >= 0.6 is 0 Å². The third-order valence-corrected chi connectivity index (χ3v) is 7.73. The molecule has 1 fully saturated rings. The molecule has 0 saturated carbocycles. The van der Waals surface area contributed by atoms with E-state index in [2.05, 4.69) is 6.92 Å². The van der Waals surface area contributed by atoms with E-state index in [4.69, 9.17) is 4.74 Å². The molecule has 0 unspecified atom stereocenters. The van der Waals surface area contributed by atoms with E-state index in [1.165, 1.54) is 11.4 Å². The molecule has 7 heteroatoms. The molecule has 0 bridgehead atoms. The molecule has 1 amide bonds. The molecule has 2 aromatic rings. The number of methoxy groups -OCH3 is 1. The first-order valence-electron chi connectivity index (χ1n) is 10.8. The second-order valence-electron chi connectivity index (χ2n) is 8.25. The van der Waals surface area contributed by atoms with Crippen LogP contribution in [-0.2, 0) is 21.2 Å². The van der Waals surface area contributed by atoms with Crippen LogP contribution < -0.4 is 9.04 Å². The van der Waals surface area contributed by atoms with E-state index in [9.17, 15) is 13.2 Å². The number of benzene rings is 2. The lowest BCUT2D eigenvalue weighted by atomic mass is 9.99. The zero-order valence-electron chi connectivity index (χ0n) is 18.8. The number of nitrogens with zero attached hydrogens (tertiary/aromatic N) is 2. The molecule has 0 N–H and O–H groups in total. The van der Waals surface area contributed by atoms with Gasteiger partial charge in [-0.1, -0.05) is 32.0 Å².